The average molecular weight is 833 g/mol. The van der Waals surface area contributed by atoms with E-state index < -0.39 is 0 Å². The Morgan fingerprint density at radius 2 is 0.766 bits per heavy atom. The normalized spacial score (nSPS) is 18.1. The van der Waals surface area contributed by atoms with Crippen LogP contribution in [0.2, 0.25) is 0 Å². The predicted octanol–water partition coefficient (Wildman–Crippen LogP) is 17.0. The lowest BCUT2D eigenvalue weighted by Crippen LogP contribution is -2.36. The standard InChI is InChI=1S/C62H60N2/c1-61(2,3)55-39-41-62(42-40-55,56-35-31-50(32-36-56)46-17-11-6-12-18-46)57-37-33-51(34-38-57)49-21-27-53(28-22-49)59-43-58(52-25-19-47(20-26-52)44-13-7-4-8-14-44)63-60(64-59)54-29-23-48(24-30-54)45-15-9-5-10-16-45/h5-6,9-12,15-38,43-44,55H,4,7-8,13-14,39-42H2,1-3H3. The third-order valence-electron chi connectivity index (χ3n) is 14.8. The van der Waals surface area contributed by atoms with E-state index in [0.717, 1.165) is 39.8 Å². The molecule has 64 heavy (non-hydrogen) atoms. The lowest BCUT2D eigenvalue weighted by molar-refractivity contribution is 0.146. The highest BCUT2D eigenvalue weighted by Gasteiger charge is 2.41. The molecule has 0 saturated heterocycles. The molecule has 1 aromatic heterocycles. The van der Waals surface area contributed by atoms with Gasteiger partial charge in [0.25, 0.3) is 0 Å². The van der Waals surface area contributed by atoms with E-state index in [2.05, 4.69) is 209 Å². The van der Waals surface area contributed by atoms with Gasteiger partial charge in [-0.2, -0.15) is 0 Å². The zero-order valence-corrected chi connectivity index (χ0v) is 37.8. The smallest absolute Gasteiger partial charge is 0.160 e. The van der Waals surface area contributed by atoms with Gasteiger partial charge in [-0.25, -0.2) is 9.97 Å². The van der Waals surface area contributed by atoms with E-state index in [1.165, 1.54) is 108 Å². The van der Waals surface area contributed by atoms with E-state index in [-0.39, 0.29) is 5.41 Å². The highest BCUT2D eigenvalue weighted by atomic mass is 14.9. The summed E-state index contributed by atoms with van der Waals surface area (Å²) in [5.41, 5.74) is 17.1. The van der Waals surface area contributed by atoms with Crippen molar-refractivity contribution in [2.45, 2.75) is 89.9 Å². The maximum Gasteiger partial charge on any atom is 0.160 e. The van der Waals surface area contributed by atoms with Crippen molar-refractivity contribution in [2.75, 3.05) is 0 Å². The minimum Gasteiger partial charge on any atom is -0.228 e. The topological polar surface area (TPSA) is 25.8 Å². The largest absolute Gasteiger partial charge is 0.228 e. The molecule has 1 heterocycles. The lowest BCUT2D eigenvalue weighted by Gasteiger charge is -2.45. The van der Waals surface area contributed by atoms with E-state index in [9.17, 15) is 0 Å². The molecule has 2 saturated carbocycles. The Morgan fingerprint density at radius 3 is 1.20 bits per heavy atom. The van der Waals surface area contributed by atoms with Crippen LogP contribution in [0.3, 0.4) is 0 Å². The first kappa shape index (κ1) is 41.6. The van der Waals surface area contributed by atoms with Crippen molar-refractivity contribution in [1.82, 2.24) is 9.97 Å². The summed E-state index contributed by atoms with van der Waals surface area (Å²) >= 11 is 0. The number of benzene rings is 7. The van der Waals surface area contributed by atoms with E-state index in [1.54, 1.807) is 0 Å². The molecule has 0 atom stereocenters. The lowest BCUT2D eigenvalue weighted by atomic mass is 9.59. The number of nitrogens with zero attached hydrogens (tertiary/aromatic N) is 2. The number of hydrogen-bond donors (Lipinski definition) is 0. The fourth-order valence-corrected chi connectivity index (χ4v) is 10.8. The maximum atomic E-state index is 5.23. The summed E-state index contributed by atoms with van der Waals surface area (Å²) in [5.74, 6) is 2.14. The Balaban J connectivity index is 0.947. The maximum absolute atomic E-state index is 5.23. The molecular formula is C62H60N2. The quantitative estimate of drug-likeness (QED) is 0.145. The predicted molar refractivity (Wildman–Crippen MR) is 269 cm³/mol. The third kappa shape index (κ3) is 8.76. The van der Waals surface area contributed by atoms with Gasteiger partial charge in [-0.05, 0) is 112 Å². The van der Waals surface area contributed by atoms with Crippen LogP contribution in [0.5, 0.6) is 0 Å². The van der Waals surface area contributed by atoms with Crippen molar-refractivity contribution < 1.29 is 0 Å². The first-order valence-corrected chi connectivity index (χ1v) is 23.8. The number of rotatable bonds is 9. The summed E-state index contributed by atoms with van der Waals surface area (Å²) in [6, 6.07) is 69.3. The summed E-state index contributed by atoms with van der Waals surface area (Å²) in [4.78, 5) is 10.4. The van der Waals surface area contributed by atoms with Crippen LogP contribution in [0.4, 0.5) is 0 Å². The van der Waals surface area contributed by atoms with Gasteiger partial charge in [0.05, 0.1) is 11.4 Å². The molecule has 2 fully saturated rings. The van der Waals surface area contributed by atoms with Gasteiger partial charge < -0.3 is 0 Å². The molecule has 8 aromatic rings. The van der Waals surface area contributed by atoms with Crippen molar-refractivity contribution in [3.8, 4) is 67.3 Å². The summed E-state index contributed by atoms with van der Waals surface area (Å²) in [6.07, 6.45) is 11.4. The van der Waals surface area contributed by atoms with Crippen LogP contribution in [-0.4, -0.2) is 9.97 Å². The summed E-state index contributed by atoms with van der Waals surface area (Å²) in [6.45, 7) is 7.26. The fourth-order valence-electron chi connectivity index (χ4n) is 10.8. The fraction of sp³-hybridized carbons (Fsp3) is 0.258. The monoisotopic (exact) mass is 832 g/mol. The van der Waals surface area contributed by atoms with Gasteiger partial charge in [-0.15, -0.1) is 0 Å². The van der Waals surface area contributed by atoms with Gasteiger partial charge in [-0.3, -0.25) is 0 Å². The molecule has 318 valence electrons. The van der Waals surface area contributed by atoms with Gasteiger partial charge in [0.1, 0.15) is 0 Å². The second-order valence-corrected chi connectivity index (χ2v) is 19.7. The highest BCUT2D eigenvalue weighted by Crippen LogP contribution is 2.51. The summed E-state index contributed by atoms with van der Waals surface area (Å²) in [7, 11) is 0. The van der Waals surface area contributed by atoms with E-state index in [4.69, 9.17) is 9.97 Å². The van der Waals surface area contributed by atoms with E-state index in [0.29, 0.717) is 11.3 Å². The molecule has 2 heteroatoms. The minimum atomic E-state index is -0.000153. The number of hydrogen-bond acceptors (Lipinski definition) is 2. The van der Waals surface area contributed by atoms with Crippen molar-refractivity contribution >= 4 is 0 Å². The Kier molecular flexibility index (Phi) is 11.7. The van der Waals surface area contributed by atoms with Crippen LogP contribution < -0.4 is 0 Å². The van der Waals surface area contributed by atoms with Crippen LogP contribution in [-0.2, 0) is 5.41 Å². The summed E-state index contributed by atoms with van der Waals surface area (Å²) < 4.78 is 0. The third-order valence-corrected chi connectivity index (χ3v) is 14.8. The zero-order valence-electron chi connectivity index (χ0n) is 37.8. The van der Waals surface area contributed by atoms with Crippen LogP contribution in [0.15, 0.2) is 188 Å². The molecule has 0 radical (unpaired) electrons. The molecule has 0 aliphatic heterocycles. The molecule has 0 amide bonds. The van der Waals surface area contributed by atoms with Crippen molar-refractivity contribution in [3.05, 3.63) is 205 Å². The second-order valence-electron chi connectivity index (χ2n) is 19.7. The van der Waals surface area contributed by atoms with Crippen LogP contribution in [0.25, 0.3) is 67.3 Å². The van der Waals surface area contributed by atoms with Gasteiger partial charge in [0.15, 0.2) is 5.82 Å². The SMILES string of the molecule is CC(C)(C)C1CCC(c2ccc(-c3ccccc3)cc2)(c2ccc(-c3ccc(-c4cc(-c5ccc(C6CCCCC6)cc5)nc(-c5ccc(-c6ccccc6)cc5)n4)cc3)cc2)CC1. The molecule has 0 N–H and O–H groups in total. The number of aromatic nitrogens is 2. The first-order chi connectivity index (χ1) is 31.3. The molecule has 2 aliphatic rings. The minimum absolute atomic E-state index is 0.000153. The first-order valence-electron chi connectivity index (χ1n) is 23.8. The summed E-state index contributed by atoms with van der Waals surface area (Å²) in [5, 5.41) is 0. The Bertz CT molecular complexity index is 2770. The Labute approximate surface area is 381 Å². The average Bonchev–Trinajstić information content (AvgIpc) is 3.37. The van der Waals surface area contributed by atoms with Gasteiger partial charge in [0.2, 0.25) is 0 Å². The van der Waals surface area contributed by atoms with E-state index >= 15 is 0 Å². The molecule has 2 aliphatic carbocycles. The van der Waals surface area contributed by atoms with Gasteiger partial charge >= 0.3 is 0 Å². The van der Waals surface area contributed by atoms with Crippen LogP contribution in [0.1, 0.15) is 101 Å². The Hall–Kier alpha value is -6.38. The zero-order chi connectivity index (χ0) is 43.5. The van der Waals surface area contributed by atoms with E-state index in [1.807, 2.05) is 0 Å². The molecule has 10 rings (SSSR count). The van der Waals surface area contributed by atoms with Gasteiger partial charge in [-0.1, -0.05) is 222 Å². The van der Waals surface area contributed by atoms with Crippen molar-refractivity contribution in [3.63, 3.8) is 0 Å². The molecular weight excluding hydrogens is 773 g/mol. The molecule has 0 unspecified atom stereocenters. The molecule has 0 spiro atoms. The van der Waals surface area contributed by atoms with Crippen LogP contribution >= 0.6 is 0 Å². The van der Waals surface area contributed by atoms with Gasteiger partial charge in [0, 0.05) is 22.1 Å². The van der Waals surface area contributed by atoms with Crippen LogP contribution in [0, 0.1) is 11.3 Å². The second kappa shape index (κ2) is 18.0. The van der Waals surface area contributed by atoms with Crippen molar-refractivity contribution in [2.24, 2.45) is 11.3 Å². The molecule has 7 aromatic carbocycles. The van der Waals surface area contributed by atoms with Crippen molar-refractivity contribution in [1.29, 1.82) is 0 Å². The Morgan fingerprint density at radius 1 is 0.391 bits per heavy atom. The molecule has 2 nitrogen and oxygen atoms in total. The highest BCUT2D eigenvalue weighted by molar-refractivity contribution is 5.75. The molecule has 0 bridgehead atoms.